The fourth-order valence-electron chi connectivity index (χ4n) is 2.99. The lowest BCUT2D eigenvalue weighted by atomic mass is 9.93. The third-order valence-corrected chi connectivity index (χ3v) is 4.56. The third-order valence-electron chi connectivity index (χ3n) is 4.56. The Hall–Kier alpha value is -3.24. The first kappa shape index (κ1) is 25.0. The van der Waals surface area contributed by atoms with Crippen LogP contribution in [-0.4, -0.2) is 30.3 Å². The second kappa shape index (κ2) is 9.92. The van der Waals surface area contributed by atoms with E-state index in [9.17, 15) is 41.0 Å². The normalized spacial score (nSPS) is 12.8. The van der Waals surface area contributed by atoms with Crippen LogP contribution in [0, 0.1) is 0 Å². The van der Waals surface area contributed by atoms with Crippen LogP contribution in [0.5, 0.6) is 5.75 Å². The van der Waals surface area contributed by atoms with E-state index in [0.717, 1.165) is 6.07 Å². The number of alkyl halides is 6. The van der Waals surface area contributed by atoms with Gasteiger partial charge < -0.3 is 15.2 Å². The Bertz CT molecular complexity index is 954. The van der Waals surface area contributed by atoms with Crippen LogP contribution in [-0.2, 0) is 17.4 Å². The number of benzene rings is 2. The second-order valence-electron chi connectivity index (χ2n) is 6.85. The maximum Gasteiger partial charge on any atom is 0.416 e. The first-order chi connectivity index (χ1) is 14.8. The zero-order valence-electron chi connectivity index (χ0n) is 16.7. The number of nitrogens with one attached hydrogen (secondary N) is 1. The Balaban J connectivity index is 2.37. The van der Waals surface area contributed by atoms with E-state index in [1.807, 2.05) is 0 Å². The number of aliphatic carboxylic acids is 1. The molecule has 0 aliphatic rings. The number of carbonyl (C=O) groups excluding carboxylic acids is 1. The Labute approximate surface area is 179 Å². The zero-order valence-corrected chi connectivity index (χ0v) is 16.7. The molecule has 1 unspecified atom stereocenters. The first-order valence-corrected chi connectivity index (χ1v) is 9.26. The average Bonchev–Trinajstić information content (AvgIpc) is 2.70. The van der Waals surface area contributed by atoms with Gasteiger partial charge in [-0.15, -0.1) is 0 Å². The second-order valence-corrected chi connectivity index (χ2v) is 6.85. The smallest absolute Gasteiger partial charge is 0.416 e. The van der Waals surface area contributed by atoms with Crippen LogP contribution in [0.4, 0.5) is 26.3 Å². The van der Waals surface area contributed by atoms with Crippen molar-refractivity contribution in [3.8, 4) is 5.75 Å². The SMILES string of the molecule is COc1ccc(C(=O)NC(C(=O)O)c2ccc(C(F)(F)F)cc2CCCC(F)(F)F)cc1. The van der Waals surface area contributed by atoms with Gasteiger partial charge in [-0.05, 0) is 60.4 Å². The number of ether oxygens (including phenoxy) is 1. The van der Waals surface area contributed by atoms with Crippen molar-refractivity contribution in [3.05, 3.63) is 64.7 Å². The van der Waals surface area contributed by atoms with Crippen molar-refractivity contribution in [2.24, 2.45) is 0 Å². The van der Waals surface area contributed by atoms with Crippen LogP contribution in [0.1, 0.15) is 45.9 Å². The highest BCUT2D eigenvalue weighted by atomic mass is 19.4. The van der Waals surface area contributed by atoms with E-state index >= 15 is 0 Å². The Morgan fingerprint density at radius 2 is 1.66 bits per heavy atom. The van der Waals surface area contributed by atoms with Gasteiger partial charge in [-0.3, -0.25) is 4.79 Å². The number of methoxy groups -OCH3 is 1. The standard InChI is InChI=1S/C21H19F6NO4/c1-32-15-7-4-12(5-8-15)18(29)28-17(19(30)31)16-9-6-14(21(25,26)27)11-13(16)3-2-10-20(22,23)24/h4-9,11,17H,2-3,10H2,1H3,(H,28,29)(H,30,31). The molecule has 1 amide bonds. The van der Waals surface area contributed by atoms with Gasteiger partial charge in [0.2, 0.25) is 0 Å². The Kier molecular flexibility index (Phi) is 7.76. The number of hydrogen-bond donors (Lipinski definition) is 2. The highest BCUT2D eigenvalue weighted by Gasteiger charge is 2.33. The van der Waals surface area contributed by atoms with E-state index in [0.29, 0.717) is 17.9 Å². The van der Waals surface area contributed by atoms with Crippen molar-refractivity contribution in [1.82, 2.24) is 5.32 Å². The lowest BCUT2D eigenvalue weighted by molar-refractivity contribution is -0.139. The predicted octanol–water partition coefficient (Wildman–Crippen LogP) is 5.15. The highest BCUT2D eigenvalue weighted by Crippen LogP contribution is 2.33. The van der Waals surface area contributed by atoms with Crippen LogP contribution in [0.15, 0.2) is 42.5 Å². The molecule has 0 radical (unpaired) electrons. The lowest BCUT2D eigenvalue weighted by Gasteiger charge is -2.20. The molecular weight excluding hydrogens is 444 g/mol. The molecule has 2 aromatic rings. The van der Waals surface area contributed by atoms with E-state index in [2.05, 4.69) is 5.32 Å². The van der Waals surface area contributed by atoms with Gasteiger partial charge in [0.05, 0.1) is 12.7 Å². The minimum atomic E-state index is -4.78. The molecule has 1 atom stereocenters. The molecule has 0 bridgehead atoms. The fourth-order valence-corrected chi connectivity index (χ4v) is 2.99. The Morgan fingerprint density at radius 1 is 1.03 bits per heavy atom. The van der Waals surface area contributed by atoms with E-state index < -0.39 is 55.1 Å². The van der Waals surface area contributed by atoms with Crippen LogP contribution >= 0.6 is 0 Å². The van der Waals surface area contributed by atoms with Crippen molar-refractivity contribution in [2.75, 3.05) is 7.11 Å². The van der Waals surface area contributed by atoms with Gasteiger partial charge >= 0.3 is 18.3 Å². The summed E-state index contributed by atoms with van der Waals surface area (Å²) in [5.41, 5.74) is -1.54. The summed E-state index contributed by atoms with van der Waals surface area (Å²) >= 11 is 0. The molecule has 0 spiro atoms. The molecule has 32 heavy (non-hydrogen) atoms. The van der Waals surface area contributed by atoms with Gasteiger partial charge in [0.15, 0.2) is 6.04 Å². The number of rotatable bonds is 8. The molecule has 2 N–H and O–H groups in total. The molecule has 0 saturated carbocycles. The maximum absolute atomic E-state index is 13.1. The molecule has 2 aromatic carbocycles. The number of hydrogen-bond acceptors (Lipinski definition) is 3. The molecule has 0 aliphatic carbocycles. The van der Waals surface area contributed by atoms with Crippen molar-refractivity contribution in [1.29, 1.82) is 0 Å². The third kappa shape index (κ3) is 6.89. The summed E-state index contributed by atoms with van der Waals surface area (Å²) in [6, 6.07) is 5.93. The average molecular weight is 463 g/mol. The van der Waals surface area contributed by atoms with Crippen LogP contribution in [0.25, 0.3) is 0 Å². The van der Waals surface area contributed by atoms with Gasteiger partial charge in [0.1, 0.15) is 5.75 Å². The summed E-state index contributed by atoms with van der Waals surface area (Å²) in [4.78, 5) is 24.3. The van der Waals surface area contributed by atoms with Crippen molar-refractivity contribution < 1.29 is 45.8 Å². The van der Waals surface area contributed by atoms with Gasteiger partial charge in [-0.1, -0.05) is 6.07 Å². The van der Waals surface area contributed by atoms with E-state index in [-0.39, 0.29) is 16.7 Å². The van der Waals surface area contributed by atoms with Crippen LogP contribution < -0.4 is 10.1 Å². The molecule has 2 rings (SSSR count). The van der Waals surface area contributed by atoms with Gasteiger partial charge in [-0.25, -0.2) is 4.79 Å². The minimum Gasteiger partial charge on any atom is -0.497 e. The van der Waals surface area contributed by atoms with Crippen molar-refractivity contribution >= 4 is 11.9 Å². The van der Waals surface area contributed by atoms with E-state index in [1.165, 1.54) is 31.4 Å². The fraction of sp³-hybridized carbons (Fsp3) is 0.333. The van der Waals surface area contributed by atoms with Crippen LogP contribution in [0.3, 0.4) is 0 Å². The van der Waals surface area contributed by atoms with E-state index in [1.54, 1.807) is 0 Å². The summed E-state index contributed by atoms with van der Waals surface area (Å²) in [5, 5.41) is 11.8. The van der Waals surface area contributed by atoms with Crippen LogP contribution in [0.2, 0.25) is 0 Å². The summed E-state index contributed by atoms with van der Waals surface area (Å²) in [6.45, 7) is 0. The highest BCUT2D eigenvalue weighted by molar-refractivity contribution is 5.97. The predicted molar refractivity (Wildman–Crippen MR) is 101 cm³/mol. The molecular formula is C21H19F6NO4. The van der Waals surface area contributed by atoms with Gasteiger partial charge in [0, 0.05) is 12.0 Å². The molecule has 0 heterocycles. The summed E-state index contributed by atoms with van der Waals surface area (Å²) in [6.07, 6.45) is -11.5. The number of carboxylic acids is 1. The summed E-state index contributed by atoms with van der Waals surface area (Å²) in [5.74, 6) is -1.98. The molecule has 5 nitrogen and oxygen atoms in total. The maximum atomic E-state index is 13.1. The lowest BCUT2D eigenvalue weighted by Crippen LogP contribution is -2.34. The number of carboxylic acid groups (broad SMARTS) is 1. The number of aryl methyl sites for hydroxylation is 1. The largest absolute Gasteiger partial charge is 0.497 e. The molecule has 174 valence electrons. The quantitative estimate of drug-likeness (QED) is 0.531. The number of amides is 1. The molecule has 0 saturated heterocycles. The molecule has 0 aliphatic heterocycles. The summed E-state index contributed by atoms with van der Waals surface area (Å²) < 4.78 is 81.7. The van der Waals surface area contributed by atoms with Crippen molar-refractivity contribution in [3.63, 3.8) is 0 Å². The topological polar surface area (TPSA) is 75.6 Å². The molecule has 0 aromatic heterocycles. The monoisotopic (exact) mass is 463 g/mol. The number of carbonyl (C=O) groups is 2. The summed E-state index contributed by atoms with van der Waals surface area (Å²) in [7, 11) is 1.40. The zero-order chi connectivity index (χ0) is 24.1. The van der Waals surface area contributed by atoms with Crippen molar-refractivity contribution in [2.45, 2.75) is 37.7 Å². The van der Waals surface area contributed by atoms with E-state index in [4.69, 9.17) is 4.74 Å². The molecule has 0 fully saturated rings. The molecule has 11 heteroatoms. The first-order valence-electron chi connectivity index (χ1n) is 9.26. The van der Waals surface area contributed by atoms with Gasteiger partial charge in [-0.2, -0.15) is 26.3 Å². The minimum absolute atomic E-state index is 0.0579. The van der Waals surface area contributed by atoms with Gasteiger partial charge in [0.25, 0.3) is 5.91 Å². The Morgan fingerprint density at radius 3 is 2.16 bits per heavy atom. The number of halogens is 6.